The summed E-state index contributed by atoms with van der Waals surface area (Å²) < 4.78 is 0. The standard InChI is InChI=1S/C55H36BN3/c1-5-19-39(20-6-1)47-33-41(34-48(57-47)40-21-7-2-8-22-40)42-35-51-55-52(36-42)59(44-25-11-4-12-26-44)50-32-30-38-18-14-16-28-46(38)54(50)56(55)53-45-27-15-13-17-37(45)29-31-49(53)58(51)43-23-9-3-10-24-43/h1-36H. The second-order valence-corrected chi connectivity index (χ2v) is 15.5. The van der Waals surface area contributed by atoms with Crippen molar-refractivity contribution in [1.82, 2.24) is 4.98 Å². The second kappa shape index (κ2) is 13.5. The van der Waals surface area contributed by atoms with E-state index in [9.17, 15) is 0 Å². The van der Waals surface area contributed by atoms with Crippen molar-refractivity contribution in [1.29, 1.82) is 0 Å². The summed E-state index contributed by atoms with van der Waals surface area (Å²) in [5.74, 6) is 0. The van der Waals surface area contributed by atoms with E-state index in [1.807, 2.05) is 0 Å². The van der Waals surface area contributed by atoms with Crippen molar-refractivity contribution in [2.45, 2.75) is 0 Å². The average molecular weight is 750 g/mol. The van der Waals surface area contributed by atoms with E-state index in [2.05, 4.69) is 228 Å². The van der Waals surface area contributed by atoms with Crippen LogP contribution in [0.15, 0.2) is 218 Å². The lowest BCUT2D eigenvalue weighted by Crippen LogP contribution is -2.61. The molecular formula is C55H36BN3. The summed E-state index contributed by atoms with van der Waals surface area (Å²) >= 11 is 0. The molecule has 2 aliphatic heterocycles. The van der Waals surface area contributed by atoms with Crippen LogP contribution in [0.1, 0.15) is 0 Å². The summed E-state index contributed by atoms with van der Waals surface area (Å²) in [6.07, 6.45) is 0. The first-order valence-electron chi connectivity index (χ1n) is 20.3. The van der Waals surface area contributed by atoms with Gasteiger partial charge in [0.05, 0.1) is 11.4 Å². The van der Waals surface area contributed by atoms with Gasteiger partial charge in [0.15, 0.2) is 0 Å². The summed E-state index contributed by atoms with van der Waals surface area (Å²) in [6.45, 7) is -0.0339. The highest BCUT2D eigenvalue weighted by Crippen LogP contribution is 2.47. The molecule has 0 unspecified atom stereocenters. The first kappa shape index (κ1) is 33.5. The number of benzene rings is 9. The van der Waals surface area contributed by atoms with Crippen LogP contribution in [0.5, 0.6) is 0 Å². The van der Waals surface area contributed by atoms with Crippen LogP contribution in [0.4, 0.5) is 34.1 Å². The third-order valence-electron chi connectivity index (χ3n) is 12.2. The van der Waals surface area contributed by atoms with Gasteiger partial charge in [-0.1, -0.05) is 158 Å². The maximum absolute atomic E-state index is 5.27. The van der Waals surface area contributed by atoms with Crippen LogP contribution >= 0.6 is 0 Å². The minimum Gasteiger partial charge on any atom is -0.311 e. The normalized spacial score (nSPS) is 12.6. The zero-order chi connectivity index (χ0) is 38.9. The predicted molar refractivity (Wildman–Crippen MR) is 250 cm³/mol. The van der Waals surface area contributed by atoms with E-state index in [-0.39, 0.29) is 6.71 Å². The number of fused-ring (bicyclic) bond motifs is 8. The molecule has 0 saturated heterocycles. The molecule has 0 amide bonds. The SMILES string of the molecule is c1ccc(-c2cc(-c3cc4c5c(c3)N(c3ccccc3)c3ccc6ccccc6c3B5c3c(ccc5ccccc35)N4c3ccccc3)cc(-c3ccccc3)n2)cc1. The van der Waals surface area contributed by atoms with Crippen molar-refractivity contribution in [2.75, 3.05) is 9.80 Å². The Bertz CT molecular complexity index is 3010. The van der Waals surface area contributed by atoms with Gasteiger partial charge in [-0.3, -0.25) is 0 Å². The number of nitrogens with zero attached hydrogens (tertiary/aromatic N) is 3. The number of anilines is 6. The van der Waals surface area contributed by atoms with Gasteiger partial charge >= 0.3 is 0 Å². The van der Waals surface area contributed by atoms with Gasteiger partial charge in [-0.15, -0.1) is 0 Å². The van der Waals surface area contributed by atoms with E-state index < -0.39 is 0 Å². The molecule has 9 aromatic carbocycles. The third-order valence-corrected chi connectivity index (χ3v) is 12.2. The zero-order valence-electron chi connectivity index (χ0n) is 32.2. The van der Waals surface area contributed by atoms with Crippen LogP contribution in [0, 0.1) is 0 Å². The first-order valence-corrected chi connectivity index (χ1v) is 20.3. The number of para-hydroxylation sites is 2. The highest BCUT2D eigenvalue weighted by atomic mass is 15.2. The monoisotopic (exact) mass is 749 g/mol. The minimum absolute atomic E-state index is 0.0339. The molecule has 0 fully saturated rings. The quantitative estimate of drug-likeness (QED) is 0.163. The lowest BCUT2D eigenvalue weighted by molar-refractivity contribution is 1.26. The minimum atomic E-state index is -0.0339. The Labute approximate surface area is 344 Å². The smallest absolute Gasteiger partial charge is 0.253 e. The summed E-state index contributed by atoms with van der Waals surface area (Å²) in [4.78, 5) is 10.3. The number of pyridine rings is 1. The predicted octanol–water partition coefficient (Wildman–Crippen LogP) is 12.5. The first-order chi connectivity index (χ1) is 29.3. The Kier molecular flexibility index (Phi) is 7.64. The van der Waals surface area contributed by atoms with Crippen molar-refractivity contribution in [3.63, 3.8) is 0 Å². The molecule has 0 radical (unpaired) electrons. The summed E-state index contributed by atoms with van der Waals surface area (Å²) in [5.41, 5.74) is 17.3. The van der Waals surface area contributed by atoms with Crippen molar-refractivity contribution in [3.8, 4) is 33.6 Å². The Morgan fingerprint density at radius 3 is 1.15 bits per heavy atom. The molecule has 0 N–H and O–H groups in total. The molecule has 2 aliphatic rings. The highest BCUT2D eigenvalue weighted by molar-refractivity contribution is 7.02. The Morgan fingerprint density at radius 1 is 0.305 bits per heavy atom. The molecule has 0 saturated carbocycles. The zero-order valence-corrected chi connectivity index (χ0v) is 32.2. The van der Waals surface area contributed by atoms with E-state index in [1.165, 1.54) is 60.7 Å². The Morgan fingerprint density at radius 2 is 0.695 bits per heavy atom. The molecule has 0 bridgehead atoms. The fourth-order valence-corrected chi connectivity index (χ4v) is 9.63. The highest BCUT2D eigenvalue weighted by Gasteiger charge is 2.45. The number of hydrogen-bond donors (Lipinski definition) is 0. The third kappa shape index (κ3) is 5.34. The van der Waals surface area contributed by atoms with Crippen LogP contribution < -0.4 is 26.2 Å². The molecule has 3 nitrogen and oxygen atoms in total. The van der Waals surface area contributed by atoms with Gasteiger partial charge in [-0.25, -0.2) is 4.98 Å². The van der Waals surface area contributed by atoms with E-state index in [0.717, 1.165) is 45.0 Å². The van der Waals surface area contributed by atoms with Gasteiger partial charge in [0.25, 0.3) is 6.71 Å². The van der Waals surface area contributed by atoms with Gasteiger partial charge in [0, 0.05) is 45.3 Å². The molecule has 10 aromatic rings. The van der Waals surface area contributed by atoms with Crippen molar-refractivity contribution >= 4 is 78.8 Å². The Balaban J connectivity index is 1.23. The van der Waals surface area contributed by atoms with E-state index in [1.54, 1.807) is 0 Å². The lowest BCUT2D eigenvalue weighted by atomic mass is 9.32. The van der Waals surface area contributed by atoms with Gasteiger partial charge in [-0.2, -0.15) is 0 Å². The molecule has 59 heavy (non-hydrogen) atoms. The number of rotatable bonds is 5. The van der Waals surface area contributed by atoms with Crippen molar-refractivity contribution in [3.05, 3.63) is 218 Å². The fourth-order valence-electron chi connectivity index (χ4n) is 9.63. The topological polar surface area (TPSA) is 19.4 Å². The largest absolute Gasteiger partial charge is 0.311 e. The molecule has 4 heteroatoms. The van der Waals surface area contributed by atoms with Gasteiger partial charge in [0.1, 0.15) is 0 Å². The van der Waals surface area contributed by atoms with Crippen LogP contribution in [0.3, 0.4) is 0 Å². The van der Waals surface area contributed by atoms with Gasteiger partial charge in [-0.05, 0) is 110 Å². The summed E-state index contributed by atoms with van der Waals surface area (Å²) in [6, 6.07) is 79.4. The van der Waals surface area contributed by atoms with E-state index in [0.29, 0.717) is 0 Å². The molecule has 274 valence electrons. The molecular weight excluding hydrogens is 713 g/mol. The molecule has 12 rings (SSSR count). The summed E-state index contributed by atoms with van der Waals surface area (Å²) in [7, 11) is 0. The molecule has 0 spiro atoms. The lowest BCUT2D eigenvalue weighted by Gasteiger charge is -2.45. The van der Waals surface area contributed by atoms with Crippen LogP contribution in [-0.2, 0) is 0 Å². The summed E-state index contributed by atoms with van der Waals surface area (Å²) in [5, 5.41) is 5.04. The number of hydrogen-bond acceptors (Lipinski definition) is 3. The average Bonchev–Trinajstić information content (AvgIpc) is 3.32. The van der Waals surface area contributed by atoms with Crippen molar-refractivity contribution < 1.29 is 0 Å². The number of aromatic nitrogens is 1. The molecule has 0 atom stereocenters. The molecule has 1 aromatic heterocycles. The van der Waals surface area contributed by atoms with Gasteiger partial charge < -0.3 is 9.80 Å². The molecule has 3 heterocycles. The molecule has 0 aliphatic carbocycles. The Hall–Kier alpha value is -7.69. The van der Waals surface area contributed by atoms with Gasteiger partial charge in [0.2, 0.25) is 0 Å². The van der Waals surface area contributed by atoms with Crippen LogP contribution in [-0.4, -0.2) is 11.7 Å². The van der Waals surface area contributed by atoms with Crippen molar-refractivity contribution in [2.24, 2.45) is 0 Å². The second-order valence-electron chi connectivity index (χ2n) is 15.5. The van der Waals surface area contributed by atoms with E-state index in [4.69, 9.17) is 4.98 Å². The van der Waals surface area contributed by atoms with Crippen LogP contribution in [0.25, 0.3) is 55.2 Å². The maximum atomic E-state index is 5.27. The maximum Gasteiger partial charge on any atom is 0.253 e. The van der Waals surface area contributed by atoms with Crippen LogP contribution in [0.2, 0.25) is 0 Å². The van der Waals surface area contributed by atoms with E-state index >= 15 is 0 Å². The fraction of sp³-hybridized carbons (Fsp3) is 0.